The van der Waals surface area contributed by atoms with Crippen LogP contribution in [-0.2, 0) is 28.4 Å². The Hall–Kier alpha value is -2.85. The molecule has 51 heavy (non-hydrogen) atoms. The molecule has 0 radical (unpaired) electrons. The van der Waals surface area contributed by atoms with Crippen LogP contribution in [0.1, 0.15) is 103 Å². The molecule has 0 aromatic carbocycles. The fourth-order valence-corrected chi connectivity index (χ4v) is 7.38. The monoisotopic (exact) mass is 816 g/mol. The molecule has 0 atom stereocenters. The van der Waals surface area contributed by atoms with Crippen LogP contribution in [0, 0.1) is 11.8 Å². The van der Waals surface area contributed by atoms with Crippen molar-refractivity contribution in [1.29, 1.82) is 0 Å². The van der Waals surface area contributed by atoms with Gasteiger partial charge < -0.3 is 19.3 Å². The summed E-state index contributed by atoms with van der Waals surface area (Å²) in [4.78, 5) is 60.3. The van der Waals surface area contributed by atoms with Gasteiger partial charge in [-0.25, -0.2) is 9.59 Å². The maximum Gasteiger partial charge on any atom is 0.410 e. The third-order valence-electron chi connectivity index (χ3n) is 7.38. The van der Waals surface area contributed by atoms with E-state index in [0.29, 0.717) is 29.5 Å². The third-order valence-corrected chi connectivity index (χ3v) is 10.3. The van der Waals surface area contributed by atoms with Gasteiger partial charge in [-0.05, 0) is 95.0 Å². The van der Waals surface area contributed by atoms with E-state index in [0.717, 1.165) is 79.0 Å². The van der Waals surface area contributed by atoms with E-state index >= 15 is 0 Å². The summed E-state index contributed by atoms with van der Waals surface area (Å²) >= 11 is 6.22. The molecule has 4 heterocycles. The number of nitrogens with zero attached hydrogens (tertiary/aromatic N) is 6. The number of likely N-dealkylation sites (tertiary alicyclic amines) is 2. The first-order chi connectivity index (χ1) is 23.3. The number of aldehydes is 2. The molecular weight excluding hydrogens is 760 g/mol. The molecule has 0 saturated carbocycles. The highest BCUT2D eigenvalue weighted by molar-refractivity contribution is 9.10. The van der Waals surface area contributed by atoms with Crippen LogP contribution in [0.5, 0.6) is 0 Å². The maximum atomic E-state index is 12.0. The maximum absolute atomic E-state index is 12.0. The lowest BCUT2D eigenvalue weighted by Gasteiger charge is -2.33. The van der Waals surface area contributed by atoms with Crippen LogP contribution in [0.15, 0.2) is 21.8 Å². The Labute approximate surface area is 320 Å². The number of carbonyl (C=O) groups excluding carboxylic acids is 5. The van der Waals surface area contributed by atoms with Gasteiger partial charge in [0.15, 0.2) is 17.7 Å². The van der Waals surface area contributed by atoms with Gasteiger partial charge in [-0.15, -0.1) is 11.8 Å². The molecule has 2 amide bonds. The number of amides is 2. The van der Waals surface area contributed by atoms with Crippen LogP contribution in [0.2, 0.25) is 0 Å². The van der Waals surface area contributed by atoms with Gasteiger partial charge in [-0.3, -0.25) is 23.7 Å². The number of piperidine rings is 2. The molecule has 4 rings (SSSR count). The molecule has 0 spiro atoms. The van der Waals surface area contributed by atoms with E-state index in [2.05, 4.69) is 26.1 Å². The van der Waals surface area contributed by atoms with Crippen molar-refractivity contribution in [2.75, 3.05) is 37.7 Å². The molecule has 2 fully saturated rings. The zero-order valence-electron chi connectivity index (χ0n) is 30.8. The van der Waals surface area contributed by atoms with Crippen molar-refractivity contribution in [3.05, 3.63) is 28.3 Å². The highest BCUT2D eigenvalue weighted by Crippen LogP contribution is 2.28. The zero-order chi connectivity index (χ0) is 37.6. The topological polar surface area (TPSA) is 146 Å². The lowest BCUT2D eigenvalue weighted by atomic mass is 9.99. The van der Waals surface area contributed by atoms with Crippen molar-refractivity contribution < 1.29 is 33.4 Å². The summed E-state index contributed by atoms with van der Waals surface area (Å²) in [6.07, 6.45) is 8.51. The van der Waals surface area contributed by atoms with Crippen LogP contribution in [-0.4, -0.2) is 108 Å². The van der Waals surface area contributed by atoms with Gasteiger partial charge in [0.2, 0.25) is 0 Å². The predicted octanol–water partition coefficient (Wildman–Crippen LogP) is 7.52. The molecule has 0 bridgehead atoms. The molecule has 2 aliphatic heterocycles. The Kier molecular flexibility index (Phi) is 19.6. The average molecular weight is 818 g/mol. The minimum atomic E-state index is -0.449. The minimum Gasteiger partial charge on any atom is -0.444 e. The number of carbonyl (C=O) groups is 5. The number of ether oxygens (including phenoxy) is 2. The second kappa shape index (κ2) is 21.6. The molecule has 0 unspecified atom stereocenters. The summed E-state index contributed by atoms with van der Waals surface area (Å²) in [7, 11) is 3.58. The van der Waals surface area contributed by atoms with Gasteiger partial charge in [-0.1, -0.05) is 19.2 Å². The SMILES string of the molecule is C.CC(=O)SCC1CCN(C(=O)OC(C)(C)C)CC1.Cn1cc(Br)c(C=O)n1.Cn1cc(SCC2CCN(C(=O)OC(C)(C)C)CC2)c(C=O)n1. The summed E-state index contributed by atoms with van der Waals surface area (Å²) in [5.74, 6) is 2.89. The third kappa shape index (κ3) is 18.0. The normalized spacial score (nSPS) is 15.3. The van der Waals surface area contributed by atoms with Gasteiger partial charge in [0.1, 0.15) is 22.6 Å². The summed E-state index contributed by atoms with van der Waals surface area (Å²) in [6, 6.07) is 0. The molecule has 2 aliphatic rings. The van der Waals surface area contributed by atoms with Gasteiger partial charge in [0, 0.05) is 71.1 Å². The highest BCUT2D eigenvalue weighted by Gasteiger charge is 2.28. The molecule has 0 aliphatic carbocycles. The van der Waals surface area contributed by atoms with Crippen LogP contribution < -0.4 is 0 Å². The van der Waals surface area contributed by atoms with Crippen molar-refractivity contribution in [3.8, 4) is 0 Å². The molecule has 288 valence electrons. The Morgan fingerprint density at radius 1 is 0.784 bits per heavy atom. The molecule has 16 heteroatoms. The largest absolute Gasteiger partial charge is 0.444 e. The van der Waals surface area contributed by atoms with Crippen molar-refractivity contribution in [3.63, 3.8) is 0 Å². The number of thioether (sulfide) groups is 2. The zero-order valence-corrected chi connectivity index (χ0v) is 34.0. The van der Waals surface area contributed by atoms with Gasteiger partial charge >= 0.3 is 12.2 Å². The fourth-order valence-electron chi connectivity index (χ4n) is 4.89. The van der Waals surface area contributed by atoms with Crippen LogP contribution in [0.3, 0.4) is 0 Å². The van der Waals surface area contributed by atoms with E-state index in [4.69, 9.17) is 9.47 Å². The van der Waals surface area contributed by atoms with E-state index in [-0.39, 0.29) is 24.7 Å². The van der Waals surface area contributed by atoms with Crippen LogP contribution in [0.4, 0.5) is 9.59 Å². The summed E-state index contributed by atoms with van der Waals surface area (Å²) in [6.45, 7) is 15.8. The quantitative estimate of drug-likeness (QED) is 0.202. The van der Waals surface area contributed by atoms with Gasteiger partial charge in [0.05, 0.1) is 9.37 Å². The van der Waals surface area contributed by atoms with Crippen LogP contribution in [0.25, 0.3) is 0 Å². The fraction of sp³-hybridized carbons (Fsp3) is 0.686. The number of aryl methyl sites for hydroxylation is 2. The highest BCUT2D eigenvalue weighted by atomic mass is 79.9. The second-order valence-electron chi connectivity index (χ2n) is 14.3. The van der Waals surface area contributed by atoms with E-state index < -0.39 is 11.2 Å². The molecule has 13 nitrogen and oxygen atoms in total. The molecule has 2 saturated heterocycles. The Morgan fingerprint density at radius 2 is 1.20 bits per heavy atom. The number of hydrogen-bond acceptors (Lipinski definition) is 11. The van der Waals surface area contributed by atoms with Crippen molar-refractivity contribution in [2.45, 2.75) is 97.7 Å². The molecule has 2 aromatic rings. The van der Waals surface area contributed by atoms with E-state index in [1.807, 2.05) is 54.8 Å². The molecule has 0 N–H and O–H groups in total. The van der Waals surface area contributed by atoms with E-state index in [9.17, 15) is 24.0 Å². The lowest BCUT2D eigenvalue weighted by Crippen LogP contribution is -2.42. The number of rotatable bonds is 7. The van der Waals surface area contributed by atoms with Gasteiger partial charge in [0.25, 0.3) is 0 Å². The standard InChI is InChI=1S/C16H25N3O3S.C13H23NO3S.C5H5BrN2O.CH4/c1-16(2,3)22-15(21)19-7-5-12(6-8-19)11-23-14-9-18(4)17-13(14)10-20;1-10(15)18-9-11-5-7-14(8-6-11)12(16)17-13(2,3)4;1-8-2-4(6)5(3-9)7-8;/h9-10,12H,5-8,11H2,1-4H3;11H,5-9H2,1-4H3;2-3H,1H3;1H4. The van der Waals surface area contributed by atoms with E-state index in [1.165, 1.54) is 11.8 Å². The molecule has 2 aromatic heterocycles. The Morgan fingerprint density at radius 3 is 1.55 bits per heavy atom. The van der Waals surface area contributed by atoms with E-state index in [1.54, 1.807) is 51.1 Å². The lowest BCUT2D eigenvalue weighted by molar-refractivity contribution is -0.109. The second-order valence-corrected chi connectivity index (χ2v) is 17.4. The van der Waals surface area contributed by atoms with Crippen LogP contribution >= 0.6 is 39.5 Å². The number of halogens is 1. The average Bonchev–Trinajstić information content (AvgIpc) is 3.57. The number of aromatic nitrogens is 4. The predicted molar refractivity (Wildman–Crippen MR) is 207 cm³/mol. The summed E-state index contributed by atoms with van der Waals surface area (Å²) in [5, 5.41) is 8.12. The first kappa shape index (κ1) is 46.2. The Balaban J connectivity index is 0.000000412. The number of hydrogen-bond donors (Lipinski definition) is 0. The first-order valence-electron chi connectivity index (χ1n) is 16.6. The smallest absolute Gasteiger partial charge is 0.410 e. The molecular formula is C35H57BrN6O7S2. The summed E-state index contributed by atoms with van der Waals surface area (Å²) < 4.78 is 14.7. The van der Waals surface area contributed by atoms with Gasteiger partial charge in [-0.2, -0.15) is 10.2 Å². The van der Waals surface area contributed by atoms with Crippen molar-refractivity contribution >= 4 is 69.3 Å². The van der Waals surface area contributed by atoms with Crippen molar-refractivity contribution in [2.24, 2.45) is 25.9 Å². The van der Waals surface area contributed by atoms with Crippen molar-refractivity contribution in [1.82, 2.24) is 29.4 Å². The minimum absolute atomic E-state index is 0. The summed E-state index contributed by atoms with van der Waals surface area (Å²) in [5.41, 5.74) is 0.0643. The first-order valence-corrected chi connectivity index (χ1v) is 19.4. The Bertz CT molecular complexity index is 1420.